The van der Waals surface area contributed by atoms with Gasteiger partial charge in [-0.2, -0.15) is 0 Å². The van der Waals surface area contributed by atoms with Crippen molar-refractivity contribution in [2.24, 2.45) is 0 Å². The highest BCUT2D eigenvalue weighted by Crippen LogP contribution is 2.16. The number of hydrogen-bond donors (Lipinski definition) is 0. The van der Waals surface area contributed by atoms with Gasteiger partial charge in [-0.25, -0.2) is 13.5 Å². The number of carbonyl (C=O) groups is 2. The van der Waals surface area contributed by atoms with E-state index in [9.17, 15) is 18.4 Å². The first-order chi connectivity index (χ1) is 12.5. The van der Waals surface area contributed by atoms with Crippen LogP contribution in [-0.2, 0) is 4.79 Å². The van der Waals surface area contributed by atoms with E-state index in [0.29, 0.717) is 11.8 Å². The summed E-state index contributed by atoms with van der Waals surface area (Å²) < 4.78 is 32.9. The van der Waals surface area contributed by atoms with E-state index in [1.54, 1.807) is 24.3 Å². The molecule has 7 nitrogen and oxygen atoms in total. The van der Waals surface area contributed by atoms with Crippen LogP contribution < -0.4 is 4.74 Å². The number of esters is 1. The fourth-order valence-corrected chi connectivity index (χ4v) is 2.19. The minimum absolute atomic E-state index is 0.232. The van der Waals surface area contributed by atoms with Crippen molar-refractivity contribution in [3.8, 4) is 11.4 Å². The van der Waals surface area contributed by atoms with E-state index in [4.69, 9.17) is 4.74 Å². The zero-order valence-electron chi connectivity index (χ0n) is 13.3. The van der Waals surface area contributed by atoms with Gasteiger partial charge in [0.1, 0.15) is 23.7 Å². The number of hydrogen-bond acceptors (Lipinski definition) is 6. The Morgan fingerprint density at radius 2 is 1.81 bits per heavy atom. The van der Waals surface area contributed by atoms with Crippen LogP contribution in [0, 0.1) is 11.6 Å². The number of ether oxygens (including phenoxy) is 1. The standard InChI is InChI=1S/C17H12F2N4O3/c18-11-1-6-14(15(19)9-11)16(24)7-8-17(25)26-13-4-2-12(3-5-13)23-10-20-21-22-23/h1-6,9-10H,7-8H2. The Kier molecular flexibility index (Phi) is 5.07. The predicted molar refractivity (Wildman–Crippen MR) is 84.7 cm³/mol. The van der Waals surface area contributed by atoms with E-state index >= 15 is 0 Å². The number of nitrogens with zero attached hydrogens (tertiary/aromatic N) is 4. The Balaban J connectivity index is 1.54. The number of rotatable bonds is 6. The van der Waals surface area contributed by atoms with Gasteiger partial charge in [-0.05, 0) is 46.8 Å². The largest absolute Gasteiger partial charge is 0.427 e. The lowest BCUT2D eigenvalue weighted by atomic mass is 10.1. The molecule has 2 aromatic carbocycles. The molecule has 26 heavy (non-hydrogen) atoms. The predicted octanol–water partition coefficient (Wildman–Crippen LogP) is 2.51. The molecule has 0 aliphatic rings. The third-order valence-electron chi connectivity index (χ3n) is 3.47. The Bertz CT molecular complexity index is 928. The van der Waals surface area contributed by atoms with Gasteiger partial charge >= 0.3 is 5.97 Å². The average molecular weight is 358 g/mol. The lowest BCUT2D eigenvalue weighted by molar-refractivity contribution is -0.134. The van der Waals surface area contributed by atoms with Gasteiger partial charge in [-0.1, -0.05) is 0 Å². The Labute approximate surface area is 146 Å². The van der Waals surface area contributed by atoms with E-state index in [1.165, 1.54) is 11.0 Å². The highest BCUT2D eigenvalue weighted by atomic mass is 19.1. The third-order valence-corrected chi connectivity index (χ3v) is 3.47. The molecule has 0 N–H and O–H groups in total. The number of ketones is 1. The zero-order chi connectivity index (χ0) is 18.5. The first-order valence-corrected chi connectivity index (χ1v) is 7.55. The van der Waals surface area contributed by atoms with Gasteiger partial charge in [0.25, 0.3) is 0 Å². The fraction of sp³-hybridized carbons (Fsp3) is 0.118. The Morgan fingerprint density at radius 1 is 1.04 bits per heavy atom. The highest BCUT2D eigenvalue weighted by Gasteiger charge is 2.15. The molecule has 3 aromatic rings. The molecule has 3 rings (SSSR count). The van der Waals surface area contributed by atoms with Crippen LogP contribution in [0.3, 0.4) is 0 Å². The molecule has 0 radical (unpaired) electrons. The number of Topliss-reactive ketones (excluding diaryl/α,β-unsaturated/α-hetero) is 1. The van der Waals surface area contributed by atoms with Crippen LogP contribution >= 0.6 is 0 Å². The Morgan fingerprint density at radius 3 is 2.46 bits per heavy atom. The molecule has 0 spiro atoms. The molecule has 0 bridgehead atoms. The van der Waals surface area contributed by atoms with Gasteiger partial charge in [0.05, 0.1) is 17.7 Å². The van der Waals surface area contributed by atoms with E-state index in [0.717, 1.165) is 12.1 Å². The first kappa shape index (κ1) is 17.3. The lowest BCUT2D eigenvalue weighted by Crippen LogP contribution is -2.11. The second-order valence-corrected chi connectivity index (χ2v) is 5.27. The second-order valence-electron chi connectivity index (χ2n) is 5.27. The van der Waals surface area contributed by atoms with Gasteiger partial charge in [0, 0.05) is 12.5 Å². The zero-order valence-corrected chi connectivity index (χ0v) is 13.3. The van der Waals surface area contributed by atoms with Gasteiger partial charge in [-0.3, -0.25) is 9.59 Å². The molecule has 1 heterocycles. The molecule has 0 atom stereocenters. The van der Waals surface area contributed by atoms with Crippen LogP contribution in [0.15, 0.2) is 48.8 Å². The first-order valence-electron chi connectivity index (χ1n) is 7.55. The molecular formula is C17H12F2N4O3. The van der Waals surface area contributed by atoms with Crippen LogP contribution in [0.25, 0.3) is 5.69 Å². The van der Waals surface area contributed by atoms with Gasteiger partial charge in [0.2, 0.25) is 0 Å². The maximum atomic E-state index is 13.5. The monoisotopic (exact) mass is 358 g/mol. The van der Waals surface area contributed by atoms with Gasteiger partial charge in [0.15, 0.2) is 5.78 Å². The highest BCUT2D eigenvalue weighted by molar-refractivity contribution is 5.97. The summed E-state index contributed by atoms with van der Waals surface area (Å²) in [6, 6.07) is 9.07. The molecule has 0 amide bonds. The van der Waals surface area contributed by atoms with Crippen LogP contribution in [0.2, 0.25) is 0 Å². The number of halogens is 2. The smallest absolute Gasteiger partial charge is 0.311 e. The van der Waals surface area contributed by atoms with Crippen LogP contribution in [0.4, 0.5) is 8.78 Å². The number of benzene rings is 2. The molecule has 1 aromatic heterocycles. The summed E-state index contributed by atoms with van der Waals surface area (Å²) in [7, 11) is 0. The van der Waals surface area contributed by atoms with Gasteiger partial charge in [-0.15, -0.1) is 5.10 Å². The molecule has 9 heteroatoms. The molecule has 0 aliphatic carbocycles. The SMILES string of the molecule is O=C(CCC(=O)c1ccc(F)cc1F)Oc1ccc(-n2cnnn2)cc1. The lowest BCUT2D eigenvalue weighted by Gasteiger charge is -2.06. The van der Waals surface area contributed by atoms with Crippen molar-refractivity contribution in [3.63, 3.8) is 0 Å². The summed E-state index contributed by atoms with van der Waals surface area (Å²) in [6.45, 7) is 0. The summed E-state index contributed by atoms with van der Waals surface area (Å²) in [4.78, 5) is 23.8. The summed E-state index contributed by atoms with van der Waals surface area (Å²) in [5.74, 6) is -2.69. The van der Waals surface area contributed by atoms with E-state index in [-0.39, 0.29) is 24.2 Å². The van der Waals surface area contributed by atoms with Crippen molar-refractivity contribution in [1.29, 1.82) is 0 Å². The Hall–Kier alpha value is -3.49. The molecule has 132 valence electrons. The molecule has 0 unspecified atom stereocenters. The van der Waals surface area contributed by atoms with Crippen molar-refractivity contribution < 1.29 is 23.1 Å². The van der Waals surface area contributed by atoms with Crippen molar-refractivity contribution in [2.45, 2.75) is 12.8 Å². The van der Waals surface area contributed by atoms with Crippen LogP contribution in [0.5, 0.6) is 5.75 Å². The van der Waals surface area contributed by atoms with E-state index < -0.39 is 23.4 Å². The van der Waals surface area contributed by atoms with Crippen molar-refractivity contribution >= 4 is 11.8 Å². The minimum Gasteiger partial charge on any atom is -0.427 e. The average Bonchev–Trinajstić information content (AvgIpc) is 3.15. The second kappa shape index (κ2) is 7.60. The van der Waals surface area contributed by atoms with Crippen molar-refractivity contribution in [1.82, 2.24) is 20.2 Å². The van der Waals surface area contributed by atoms with Crippen molar-refractivity contribution in [3.05, 3.63) is 66.0 Å². The quantitative estimate of drug-likeness (QED) is 0.382. The van der Waals surface area contributed by atoms with E-state index in [1.807, 2.05) is 0 Å². The molecule has 0 aliphatic heterocycles. The molecular weight excluding hydrogens is 346 g/mol. The normalized spacial score (nSPS) is 10.5. The summed E-state index contributed by atoms with van der Waals surface area (Å²) >= 11 is 0. The fourth-order valence-electron chi connectivity index (χ4n) is 2.19. The molecule has 0 saturated carbocycles. The van der Waals surface area contributed by atoms with Crippen LogP contribution in [0.1, 0.15) is 23.2 Å². The summed E-state index contributed by atoms with van der Waals surface area (Å²) in [5, 5.41) is 10.8. The third kappa shape index (κ3) is 4.12. The summed E-state index contributed by atoms with van der Waals surface area (Å²) in [6.07, 6.45) is 0.940. The molecule has 0 saturated heterocycles. The van der Waals surface area contributed by atoms with Crippen molar-refractivity contribution in [2.75, 3.05) is 0 Å². The topological polar surface area (TPSA) is 87.0 Å². The number of carbonyl (C=O) groups excluding carboxylic acids is 2. The van der Waals surface area contributed by atoms with E-state index in [2.05, 4.69) is 15.5 Å². The number of aromatic nitrogens is 4. The maximum Gasteiger partial charge on any atom is 0.311 e. The minimum atomic E-state index is -0.957. The van der Waals surface area contributed by atoms with Crippen LogP contribution in [-0.4, -0.2) is 32.0 Å². The summed E-state index contributed by atoms with van der Waals surface area (Å²) in [5.41, 5.74) is 0.418. The molecule has 0 fully saturated rings. The van der Waals surface area contributed by atoms with Gasteiger partial charge < -0.3 is 4.74 Å². The maximum absolute atomic E-state index is 13.5. The number of tetrazole rings is 1.